The summed E-state index contributed by atoms with van der Waals surface area (Å²) in [4.78, 5) is 37.6. The van der Waals surface area contributed by atoms with Crippen LogP contribution < -0.4 is 16.2 Å². The SMILES string of the molecule is COc1cc(C(=O)N2C[C@H](N)C[C@@H](F)C2)cc2nc3n(c12)Cc1cc(C(N)=O)cc(c1)-c1ccccc1CCCCn1c-3cc2ccncc21. The van der Waals surface area contributed by atoms with Gasteiger partial charge in [-0.25, -0.2) is 9.37 Å². The van der Waals surface area contributed by atoms with Crippen LogP contribution in [0, 0.1) is 0 Å². The second-order valence-electron chi connectivity index (χ2n) is 13.4. The number of imidazole rings is 1. The molecule has 2 atom stereocenters. The van der Waals surface area contributed by atoms with E-state index >= 15 is 0 Å². The van der Waals surface area contributed by atoms with Crippen molar-refractivity contribution in [2.24, 2.45) is 11.5 Å². The molecule has 3 aromatic heterocycles. The number of primary amides is 1. The summed E-state index contributed by atoms with van der Waals surface area (Å²) in [5.41, 5.74) is 19.9. The maximum atomic E-state index is 14.5. The van der Waals surface area contributed by atoms with Gasteiger partial charge in [0.25, 0.3) is 5.91 Å². The van der Waals surface area contributed by atoms with Gasteiger partial charge in [0.2, 0.25) is 5.91 Å². The number of halogens is 1. The highest BCUT2D eigenvalue weighted by Crippen LogP contribution is 2.37. The van der Waals surface area contributed by atoms with E-state index < -0.39 is 18.1 Å². The standard InChI is InChI=1S/C39H38FN7O3/c1-50-35-17-28(39(49)45-21-29(40)18-30(41)22-45)15-32-36(35)47-20-23-12-26(14-27(13-23)37(42)48)31-8-3-2-6-24(31)7-4-5-11-46-33(38(47)44-32)16-25-9-10-43-19-34(25)46/h2-3,6,8-10,12-17,19,29-30H,4-5,7,11,18,20-22,41H2,1H3,(H2,42,48)/t29-,30-/m1/s1. The molecule has 4 N–H and O–H groups in total. The van der Waals surface area contributed by atoms with Crippen LogP contribution in [0.3, 0.4) is 0 Å². The summed E-state index contributed by atoms with van der Waals surface area (Å²) in [5.74, 6) is 0.287. The molecule has 1 fully saturated rings. The molecule has 10 nitrogen and oxygen atoms in total. The lowest BCUT2D eigenvalue weighted by Gasteiger charge is -2.33. The number of hydrogen-bond acceptors (Lipinski definition) is 6. The first-order chi connectivity index (χ1) is 24.3. The van der Waals surface area contributed by atoms with Crippen molar-refractivity contribution >= 4 is 33.8 Å². The zero-order valence-electron chi connectivity index (χ0n) is 27.8. The van der Waals surface area contributed by atoms with Crippen molar-refractivity contribution in [3.63, 3.8) is 0 Å². The molecule has 3 aromatic carbocycles. The minimum absolute atomic E-state index is 0.0115. The van der Waals surface area contributed by atoms with Crippen LogP contribution in [-0.4, -0.2) is 68.2 Å². The van der Waals surface area contributed by atoms with Crippen LogP contribution in [0.25, 0.3) is 44.6 Å². The number of carbonyl (C=O) groups is 2. The van der Waals surface area contributed by atoms with Gasteiger partial charge in [0.05, 0.1) is 36.6 Å². The Morgan fingerprint density at radius 1 is 0.980 bits per heavy atom. The van der Waals surface area contributed by atoms with Gasteiger partial charge in [-0.1, -0.05) is 24.3 Å². The number of alkyl halides is 1. The summed E-state index contributed by atoms with van der Waals surface area (Å²) in [6.45, 7) is 1.33. The predicted molar refractivity (Wildman–Crippen MR) is 191 cm³/mol. The van der Waals surface area contributed by atoms with E-state index in [1.54, 1.807) is 25.4 Å². The number of piperidine rings is 1. The van der Waals surface area contributed by atoms with Crippen molar-refractivity contribution < 1.29 is 18.7 Å². The molecule has 0 radical (unpaired) electrons. The quantitative estimate of drug-likeness (QED) is 0.247. The Labute approximate surface area is 288 Å². The Kier molecular flexibility index (Phi) is 8.07. The molecule has 8 rings (SSSR count). The average Bonchev–Trinajstić information content (AvgIpc) is 3.66. The molecule has 254 valence electrons. The highest BCUT2D eigenvalue weighted by atomic mass is 19.1. The molecule has 2 aliphatic heterocycles. The highest BCUT2D eigenvalue weighted by molar-refractivity contribution is 6.00. The van der Waals surface area contributed by atoms with Crippen LogP contribution in [0.2, 0.25) is 0 Å². The number of nitrogens with two attached hydrogens (primary N) is 2. The first-order valence-electron chi connectivity index (χ1n) is 17.0. The molecular weight excluding hydrogens is 633 g/mol. The summed E-state index contributed by atoms with van der Waals surface area (Å²) in [5, 5.41) is 1.03. The van der Waals surface area contributed by atoms with E-state index in [1.165, 1.54) is 10.5 Å². The van der Waals surface area contributed by atoms with Gasteiger partial charge in [0, 0.05) is 48.4 Å². The van der Waals surface area contributed by atoms with Crippen LogP contribution in [-0.2, 0) is 19.5 Å². The van der Waals surface area contributed by atoms with Crippen LogP contribution >= 0.6 is 0 Å². The van der Waals surface area contributed by atoms with Gasteiger partial charge in [-0.2, -0.15) is 0 Å². The van der Waals surface area contributed by atoms with Crippen molar-refractivity contribution in [3.8, 4) is 28.4 Å². The third-order valence-electron chi connectivity index (χ3n) is 9.95. The molecule has 5 heterocycles. The summed E-state index contributed by atoms with van der Waals surface area (Å²) in [6.07, 6.45) is 5.43. The van der Waals surface area contributed by atoms with Crippen LogP contribution in [0.1, 0.15) is 51.1 Å². The molecule has 11 heteroatoms. The highest BCUT2D eigenvalue weighted by Gasteiger charge is 2.30. The summed E-state index contributed by atoms with van der Waals surface area (Å²) >= 11 is 0. The zero-order chi connectivity index (χ0) is 34.5. The predicted octanol–water partition coefficient (Wildman–Crippen LogP) is 5.72. The van der Waals surface area contributed by atoms with Crippen molar-refractivity contribution in [3.05, 3.63) is 101 Å². The Balaban J connectivity index is 1.37. The number of amides is 2. The third-order valence-corrected chi connectivity index (χ3v) is 9.95. The summed E-state index contributed by atoms with van der Waals surface area (Å²) < 4.78 is 24.8. The number of carbonyl (C=O) groups excluding carboxylic acids is 2. The van der Waals surface area contributed by atoms with Crippen LogP contribution in [0.15, 0.2) is 79.1 Å². The Morgan fingerprint density at radius 3 is 2.66 bits per heavy atom. The number of ether oxygens (including phenoxy) is 1. The van der Waals surface area contributed by atoms with Gasteiger partial charge in [0.15, 0.2) is 5.82 Å². The van der Waals surface area contributed by atoms with E-state index in [4.69, 9.17) is 21.2 Å². The number of nitrogens with zero attached hydrogens (tertiary/aromatic N) is 5. The van der Waals surface area contributed by atoms with Crippen molar-refractivity contribution in [1.82, 2.24) is 24.0 Å². The fourth-order valence-electron chi connectivity index (χ4n) is 7.68. The molecule has 2 amide bonds. The molecule has 1 saturated heterocycles. The maximum Gasteiger partial charge on any atom is 0.254 e. The third kappa shape index (κ3) is 5.67. The molecule has 6 aromatic rings. The van der Waals surface area contributed by atoms with Gasteiger partial charge in [-0.3, -0.25) is 14.6 Å². The molecule has 0 saturated carbocycles. The van der Waals surface area contributed by atoms with E-state index in [2.05, 4.69) is 44.5 Å². The van der Waals surface area contributed by atoms with Crippen LogP contribution in [0.4, 0.5) is 4.39 Å². The van der Waals surface area contributed by atoms with E-state index in [9.17, 15) is 14.0 Å². The lowest BCUT2D eigenvalue weighted by Crippen LogP contribution is -2.50. The number of aromatic nitrogens is 4. The molecule has 0 spiro atoms. The molecule has 50 heavy (non-hydrogen) atoms. The number of hydrogen-bond donors (Lipinski definition) is 2. The first-order valence-corrected chi connectivity index (χ1v) is 17.0. The van der Waals surface area contributed by atoms with Crippen molar-refractivity contribution in [2.45, 2.75) is 51.0 Å². The topological polar surface area (TPSA) is 134 Å². The van der Waals surface area contributed by atoms with Crippen LogP contribution in [0.5, 0.6) is 5.75 Å². The van der Waals surface area contributed by atoms with Crippen molar-refractivity contribution in [1.29, 1.82) is 0 Å². The minimum Gasteiger partial charge on any atom is -0.494 e. The minimum atomic E-state index is -1.18. The normalized spacial score (nSPS) is 17.9. The van der Waals surface area contributed by atoms with Gasteiger partial charge in [-0.05, 0) is 90.4 Å². The fraction of sp³-hybridized carbons (Fsp3) is 0.282. The number of aryl methyl sites for hydroxylation is 2. The summed E-state index contributed by atoms with van der Waals surface area (Å²) in [6, 6.07) is 21.2. The van der Waals surface area contributed by atoms with Crippen molar-refractivity contribution in [2.75, 3.05) is 20.2 Å². The molecule has 2 aliphatic rings. The van der Waals surface area contributed by atoms with E-state index in [-0.39, 0.29) is 25.4 Å². The number of likely N-dealkylation sites (tertiary alicyclic amines) is 1. The average molecular weight is 672 g/mol. The number of pyridine rings is 1. The van der Waals surface area contributed by atoms with E-state index in [1.807, 2.05) is 30.5 Å². The molecule has 0 unspecified atom stereocenters. The smallest absolute Gasteiger partial charge is 0.254 e. The second kappa shape index (κ2) is 12.7. The summed E-state index contributed by atoms with van der Waals surface area (Å²) in [7, 11) is 1.56. The van der Waals surface area contributed by atoms with Gasteiger partial charge >= 0.3 is 0 Å². The lowest BCUT2D eigenvalue weighted by atomic mass is 9.93. The fourth-order valence-corrected chi connectivity index (χ4v) is 7.68. The largest absolute Gasteiger partial charge is 0.494 e. The second-order valence-corrected chi connectivity index (χ2v) is 13.4. The monoisotopic (exact) mass is 671 g/mol. The lowest BCUT2D eigenvalue weighted by molar-refractivity contribution is 0.0606. The molecular formula is C39H38FN7O3. The van der Waals surface area contributed by atoms with E-state index in [0.29, 0.717) is 40.3 Å². The number of rotatable bonds is 3. The molecule has 2 bridgehead atoms. The molecule has 0 aliphatic carbocycles. The maximum absolute atomic E-state index is 14.5. The van der Waals surface area contributed by atoms with Gasteiger partial charge in [-0.15, -0.1) is 0 Å². The van der Waals surface area contributed by atoms with E-state index in [0.717, 1.165) is 59.1 Å². The van der Waals surface area contributed by atoms with Gasteiger partial charge in [0.1, 0.15) is 17.4 Å². The Bertz CT molecular complexity index is 2280. The first kappa shape index (κ1) is 31.7. The number of benzene rings is 3. The number of methoxy groups -OCH3 is 1. The Morgan fingerprint density at radius 2 is 1.84 bits per heavy atom. The Hall–Kier alpha value is -5.55. The van der Waals surface area contributed by atoms with Gasteiger partial charge < -0.3 is 30.2 Å². The number of fused-ring (bicyclic) bond motifs is 11. The zero-order valence-corrected chi connectivity index (χ0v) is 27.8.